The first-order valence-corrected chi connectivity index (χ1v) is 11.2. The minimum Gasteiger partial charge on any atom is -0.508 e. The van der Waals surface area contributed by atoms with Gasteiger partial charge in [-0.1, -0.05) is 18.2 Å². The maximum absolute atomic E-state index is 13.1. The zero-order valence-corrected chi connectivity index (χ0v) is 17.4. The highest BCUT2D eigenvalue weighted by molar-refractivity contribution is 7.93. The van der Waals surface area contributed by atoms with Crippen LogP contribution in [0.3, 0.4) is 0 Å². The molecule has 0 bridgehead atoms. The Bertz CT molecular complexity index is 1330. The quantitative estimate of drug-likeness (QED) is 0.447. The van der Waals surface area contributed by atoms with Crippen molar-refractivity contribution in [1.29, 1.82) is 0 Å². The number of nitrogens with zero attached hydrogens (tertiary/aromatic N) is 2. The van der Waals surface area contributed by atoms with Gasteiger partial charge in [0.1, 0.15) is 11.5 Å². The number of ether oxygens (including phenoxy) is 1. The van der Waals surface area contributed by atoms with Crippen LogP contribution in [-0.4, -0.2) is 27.7 Å². The molecule has 1 heterocycles. The summed E-state index contributed by atoms with van der Waals surface area (Å²) in [4.78, 5) is 5.09. The predicted octanol–water partition coefficient (Wildman–Crippen LogP) is 5.48. The van der Waals surface area contributed by atoms with Gasteiger partial charge < -0.3 is 15.2 Å². The number of phenolic OH excluding ortho intramolecular Hbond substituents is 1. The molecule has 0 aliphatic heterocycles. The van der Waals surface area contributed by atoms with E-state index in [2.05, 4.69) is 14.7 Å². The number of phenols is 1. The topological polar surface area (TPSA) is 83.8 Å². The fourth-order valence-corrected chi connectivity index (χ4v) is 4.44. The lowest BCUT2D eigenvalue weighted by Gasteiger charge is -2.12. The van der Waals surface area contributed by atoms with Crippen molar-refractivity contribution in [1.82, 2.24) is 4.98 Å². The van der Waals surface area contributed by atoms with Crippen molar-refractivity contribution >= 4 is 37.7 Å². The summed E-state index contributed by atoms with van der Waals surface area (Å²) in [6, 6.07) is 21.5. The number of aromatic hydroxyl groups is 1. The van der Waals surface area contributed by atoms with Crippen LogP contribution in [0.15, 0.2) is 88.3 Å². The Labute approximate surface area is 175 Å². The van der Waals surface area contributed by atoms with E-state index in [-0.39, 0.29) is 5.75 Å². The van der Waals surface area contributed by atoms with Gasteiger partial charge in [-0.2, -0.15) is 4.36 Å². The average Bonchev–Trinajstić information content (AvgIpc) is 2.74. The molecule has 0 unspecified atom stereocenters. The van der Waals surface area contributed by atoms with Crippen LogP contribution in [0.25, 0.3) is 10.9 Å². The first-order chi connectivity index (χ1) is 14.4. The van der Waals surface area contributed by atoms with Gasteiger partial charge in [0.25, 0.3) is 0 Å². The lowest BCUT2D eigenvalue weighted by molar-refractivity contribution is 0.408. The number of rotatable bonds is 5. The summed E-state index contributed by atoms with van der Waals surface area (Å²) in [5, 5.41) is 14.0. The van der Waals surface area contributed by atoms with E-state index in [0.717, 1.165) is 16.6 Å². The van der Waals surface area contributed by atoms with E-state index in [1.807, 2.05) is 54.6 Å². The molecule has 0 saturated carbocycles. The van der Waals surface area contributed by atoms with Crippen LogP contribution in [0.2, 0.25) is 0 Å². The van der Waals surface area contributed by atoms with Gasteiger partial charge >= 0.3 is 0 Å². The Kier molecular flexibility index (Phi) is 5.29. The number of nitrogens with one attached hydrogen (secondary N) is 1. The van der Waals surface area contributed by atoms with Crippen LogP contribution in [0.1, 0.15) is 0 Å². The molecule has 0 aliphatic rings. The van der Waals surface area contributed by atoms with Crippen LogP contribution >= 0.6 is 0 Å². The number of benzene rings is 3. The monoisotopic (exact) mass is 419 g/mol. The lowest BCUT2D eigenvalue weighted by Crippen LogP contribution is -1.96. The summed E-state index contributed by atoms with van der Waals surface area (Å²) >= 11 is 0. The highest BCUT2D eigenvalue weighted by atomic mass is 32.2. The fraction of sp³-hybridized carbons (Fsp3) is 0.0870. The van der Waals surface area contributed by atoms with E-state index >= 15 is 0 Å². The minimum atomic E-state index is -2.58. The molecule has 0 spiro atoms. The van der Waals surface area contributed by atoms with Gasteiger partial charge in [0, 0.05) is 52.3 Å². The number of hydrogen-bond donors (Lipinski definition) is 2. The molecule has 1 aromatic heterocycles. The normalized spacial score (nSPS) is 12.9. The Morgan fingerprint density at radius 3 is 2.60 bits per heavy atom. The molecule has 0 aliphatic carbocycles. The molecule has 30 heavy (non-hydrogen) atoms. The molecule has 7 heteroatoms. The summed E-state index contributed by atoms with van der Waals surface area (Å²) in [5.74, 6) is 0.639. The lowest BCUT2D eigenvalue weighted by atomic mass is 10.1. The van der Waals surface area contributed by atoms with E-state index in [1.54, 1.807) is 31.7 Å². The van der Waals surface area contributed by atoms with Crippen LogP contribution in [0, 0.1) is 0 Å². The molecule has 0 fully saturated rings. The second-order valence-electron chi connectivity index (χ2n) is 6.81. The molecular weight excluding hydrogens is 398 g/mol. The van der Waals surface area contributed by atoms with Gasteiger partial charge in [-0.15, -0.1) is 0 Å². The largest absolute Gasteiger partial charge is 0.508 e. The number of pyridine rings is 1. The maximum atomic E-state index is 13.1. The zero-order chi connectivity index (χ0) is 21.1. The van der Waals surface area contributed by atoms with Gasteiger partial charge in [0.05, 0.1) is 28.0 Å². The first-order valence-electron chi connectivity index (χ1n) is 9.26. The van der Waals surface area contributed by atoms with Crippen molar-refractivity contribution in [3.05, 3.63) is 79.0 Å². The highest BCUT2D eigenvalue weighted by Crippen LogP contribution is 2.32. The number of methoxy groups -OCH3 is 1. The smallest absolute Gasteiger partial charge is 0.124 e. The van der Waals surface area contributed by atoms with Gasteiger partial charge in [-0.05, 0) is 36.4 Å². The molecule has 0 amide bonds. The third kappa shape index (κ3) is 4.21. The number of anilines is 2. The molecule has 152 valence electrons. The van der Waals surface area contributed by atoms with Crippen LogP contribution < -0.4 is 10.1 Å². The first kappa shape index (κ1) is 19.7. The van der Waals surface area contributed by atoms with Gasteiger partial charge in [-0.25, -0.2) is 4.21 Å². The van der Waals surface area contributed by atoms with E-state index in [4.69, 9.17) is 4.74 Å². The second-order valence-corrected chi connectivity index (χ2v) is 9.07. The molecular formula is C23H21N3O3S. The van der Waals surface area contributed by atoms with E-state index in [0.29, 0.717) is 22.0 Å². The summed E-state index contributed by atoms with van der Waals surface area (Å²) in [6.07, 6.45) is 3.34. The highest BCUT2D eigenvalue weighted by Gasteiger charge is 2.09. The molecule has 2 N–H and O–H groups in total. The number of fused-ring (bicyclic) bond motifs is 1. The van der Waals surface area contributed by atoms with E-state index in [1.165, 1.54) is 6.07 Å². The maximum Gasteiger partial charge on any atom is 0.124 e. The molecule has 1 atom stereocenters. The van der Waals surface area contributed by atoms with Crippen molar-refractivity contribution in [2.75, 3.05) is 18.7 Å². The fourth-order valence-electron chi connectivity index (χ4n) is 3.16. The summed E-state index contributed by atoms with van der Waals surface area (Å²) < 4.78 is 22.9. The molecule has 4 rings (SSSR count). The van der Waals surface area contributed by atoms with Crippen LogP contribution in [-0.2, 0) is 9.73 Å². The minimum absolute atomic E-state index is 0.0967. The van der Waals surface area contributed by atoms with Crippen LogP contribution in [0.4, 0.5) is 17.1 Å². The Hall–Kier alpha value is -3.58. The van der Waals surface area contributed by atoms with Crippen molar-refractivity contribution in [2.24, 2.45) is 4.36 Å². The number of hydrogen-bond acceptors (Lipinski definition) is 6. The van der Waals surface area contributed by atoms with Gasteiger partial charge in [-0.3, -0.25) is 4.98 Å². The zero-order valence-electron chi connectivity index (χ0n) is 16.6. The Morgan fingerprint density at radius 1 is 1.03 bits per heavy atom. The van der Waals surface area contributed by atoms with Gasteiger partial charge in [0.2, 0.25) is 0 Å². The van der Waals surface area contributed by atoms with Gasteiger partial charge in [0.15, 0.2) is 0 Å². The Balaban J connectivity index is 1.77. The number of aromatic nitrogens is 1. The molecule has 0 radical (unpaired) electrons. The third-order valence-corrected chi connectivity index (χ3v) is 6.30. The standard InChI is InChI=1S/C23H21N3O3S/c1-29-19-13-17(12-18(27)15-19)25-23-10-11-24-22-9-8-16(14-21(22)23)26-30(2,28)20-6-4-3-5-7-20/h3-15,27H,1-2H3,(H,24,25)/t30-/m0/s1. The van der Waals surface area contributed by atoms with E-state index in [9.17, 15) is 9.32 Å². The van der Waals surface area contributed by atoms with E-state index < -0.39 is 9.73 Å². The summed E-state index contributed by atoms with van der Waals surface area (Å²) in [6.45, 7) is 0. The molecule has 3 aromatic carbocycles. The average molecular weight is 420 g/mol. The van der Waals surface area contributed by atoms with Crippen molar-refractivity contribution < 1.29 is 14.1 Å². The van der Waals surface area contributed by atoms with Crippen LogP contribution in [0.5, 0.6) is 11.5 Å². The molecule has 6 nitrogen and oxygen atoms in total. The summed E-state index contributed by atoms with van der Waals surface area (Å²) in [5.41, 5.74) is 2.83. The SMILES string of the molecule is COc1cc(O)cc(Nc2ccnc3ccc(N=[S@@](C)(=O)c4ccccc4)cc23)c1. The van der Waals surface area contributed by atoms with Crippen molar-refractivity contribution in [3.63, 3.8) is 0 Å². The van der Waals surface area contributed by atoms with Crippen molar-refractivity contribution in [2.45, 2.75) is 4.90 Å². The Morgan fingerprint density at radius 2 is 1.83 bits per heavy atom. The summed E-state index contributed by atoms with van der Waals surface area (Å²) in [7, 11) is -1.04. The van der Waals surface area contributed by atoms with Crippen molar-refractivity contribution in [3.8, 4) is 11.5 Å². The third-order valence-electron chi connectivity index (χ3n) is 4.59. The second kappa shape index (κ2) is 8.04. The molecule has 0 saturated heterocycles. The predicted molar refractivity (Wildman–Crippen MR) is 121 cm³/mol. The molecule has 4 aromatic rings.